The molecule has 21 heavy (non-hydrogen) atoms. The van der Waals surface area contributed by atoms with Crippen molar-refractivity contribution in [2.75, 3.05) is 27.2 Å². The van der Waals surface area contributed by atoms with Gasteiger partial charge in [0.15, 0.2) is 0 Å². The van der Waals surface area contributed by atoms with E-state index in [4.69, 9.17) is 16.3 Å². The Balaban J connectivity index is 2.08. The zero-order valence-electron chi connectivity index (χ0n) is 12.4. The highest BCUT2D eigenvalue weighted by Crippen LogP contribution is 2.36. The molecule has 1 N–H and O–H groups in total. The number of benzene rings is 1. The summed E-state index contributed by atoms with van der Waals surface area (Å²) in [5, 5.41) is 3.63. The SMILES string of the molecule is CN(C)C/C=C/C(=O)NC1CCCOc2c(Cl)cccc21. The van der Waals surface area contributed by atoms with Crippen LogP contribution in [0, 0.1) is 0 Å². The Labute approximate surface area is 130 Å². The van der Waals surface area contributed by atoms with Gasteiger partial charge in [0.1, 0.15) is 5.75 Å². The van der Waals surface area contributed by atoms with Crippen molar-refractivity contribution < 1.29 is 9.53 Å². The molecule has 1 aliphatic rings. The van der Waals surface area contributed by atoms with Gasteiger partial charge in [-0.1, -0.05) is 29.8 Å². The third-order valence-electron chi connectivity index (χ3n) is 3.31. The topological polar surface area (TPSA) is 41.6 Å². The number of ether oxygens (including phenoxy) is 1. The minimum atomic E-state index is -0.0883. The van der Waals surface area contributed by atoms with Crippen LogP contribution in [0.3, 0.4) is 0 Å². The van der Waals surface area contributed by atoms with Gasteiger partial charge in [-0.25, -0.2) is 0 Å². The molecule has 2 rings (SSSR count). The van der Waals surface area contributed by atoms with E-state index in [1.54, 1.807) is 6.08 Å². The molecule has 0 radical (unpaired) electrons. The molecule has 114 valence electrons. The van der Waals surface area contributed by atoms with Crippen molar-refractivity contribution in [3.63, 3.8) is 0 Å². The smallest absolute Gasteiger partial charge is 0.244 e. The van der Waals surface area contributed by atoms with E-state index < -0.39 is 0 Å². The van der Waals surface area contributed by atoms with Gasteiger partial charge in [-0.05, 0) is 33.0 Å². The fraction of sp³-hybridized carbons (Fsp3) is 0.438. The van der Waals surface area contributed by atoms with Gasteiger partial charge in [0.25, 0.3) is 0 Å². The number of rotatable bonds is 4. The van der Waals surface area contributed by atoms with Gasteiger partial charge in [-0.15, -0.1) is 0 Å². The molecule has 0 saturated heterocycles. The first-order valence-corrected chi connectivity index (χ1v) is 7.48. The molecule has 0 aliphatic carbocycles. The Kier molecular flexibility index (Phi) is 5.65. The van der Waals surface area contributed by atoms with E-state index in [2.05, 4.69) is 5.32 Å². The lowest BCUT2D eigenvalue weighted by molar-refractivity contribution is -0.117. The molecule has 1 aliphatic heterocycles. The van der Waals surface area contributed by atoms with Gasteiger partial charge in [-0.2, -0.15) is 0 Å². The number of nitrogens with one attached hydrogen (secondary N) is 1. The summed E-state index contributed by atoms with van der Waals surface area (Å²) in [7, 11) is 3.92. The Hall–Kier alpha value is -1.52. The lowest BCUT2D eigenvalue weighted by Crippen LogP contribution is -2.27. The molecular formula is C16H21ClN2O2. The predicted molar refractivity (Wildman–Crippen MR) is 84.8 cm³/mol. The minimum absolute atomic E-state index is 0.0577. The van der Waals surface area contributed by atoms with Crippen LogP contribution in [-0.4, -0.2) is 38.1 Å². The summed E-state index contributed by atoms with van der Waals surface area (Å²) in [6, 6.07) is 5.59. The third-order valence-corrected chi connectivity index (χ3v) is 3.61. The highest BCUT2D eigenvalue weighted by molar-refractivity contribution is 6.32. The van der Waals surface area contributed by atoms with Crippen molar-refractivity contribution in [1.29, 1.82) is 0 Å². The maximum Gasteiger partial charge on any atom is 0.244 e. The molecule has 4 nitrogen and oxygen atoms in total. The first-order valence-electron chi connectivity index (χ1n) is 7.11. The summed E-state index contributed by atoms with van der Waals surface area (Å²) in [4.78, 5) is 14.0. The second kappa shape index (κ2) is 7.48. The number of fused-ring (bicyclic) bond motifs is 1. The van der Waals surface area contributed by atoms with Crippen LogP contribution in [-0.2, 0) is 4.79 Å². The molecular weight excluding hydrogens is 288 g/mol. The number of nitrogens with zero attached hydrogens (tertiary/aromatic N) is 1. The van der Waals surface area contributed by atoms with Crippen LogP contribution in [0.15, 0.2) is 30.4 Å². The minimum Gasteiger partial charge on any atom is -0.492 e. The van der Waals surface area contributed by atoms with Gasteiger partial charge in [0, 0.05) is 18.2 Å². The molecule has 0 bridgehead atoms. The van der Waals surface area contributed by atoms with Crippen LogP contribution in [0.2, 0.25) is 5.02 Å². The zero-order chi connectivity index (χ0) is 15.2. The first kappa shape index (κ1) is 15.9. The normalized spacial score (nSPS) is 18.2. The number of para-hydroxylation sites is 1. The molecule has 0 spiro atoms. The average molecular weight is 309 g/mol. The number of halogens is 1. The molecule has 1 heterocycles. The van der Waals surface area contributed by atoms with Gasteiger partial charge in [-0.3, -0.25) is 4.79 Å². The molecule has 0 saturated carbocycles. The number of amides is 1. The second-order valence-corrected chi connectivity index (χ2v) is 5.78. The second-order valence-electron chi connectivity index (χ2n) is 5.37. The Morgan fingerprint density at radius 1 is 1.52 bits per heavy atom. The van der Waals surface area contributed by atoms with Crippen molar-refractivity contribution in [2.45, 2.75) is 18.9 Å². The van der Waals surface area contributed by atoms with Crippen LogP contribution in [0.5, 0.6) is 5.75 Å². The maximum atomic E-state index is 12.0. The van der Waals surface area contributed by atoms with E-state index in [1.807, 2.05) is 43.3 Å². The van der Waals surface area contributed by atoms with E-state index in [0.717, 1.165) is 24.9 Å². The van der Waals surface area contributed by atoms with Gasteiger partial charge < -0.3 is 15.0 Å². The molecule has 1 amide bonds. The number of carbonyl (C=O) groups excluding carboxylic acids is 1. The number of likely N-dealkylation sites (N-methyl/N-ethyl adjacent to an activating group) is 1. The molecule has 0 aromatic heterocycles. The van der Waals surface area contributed by atoms with E-state index >= 15 is 0 Å². The van der Waals surface area contributed by atoms with Gasteiger partial charge in [0.2, 0.25) is 5.91 Å². The van der Waals surface area contributed by atoms with Gasteiger partial charge in [0.05, 0.1) is 17.7 Å². The lowest BCUT2D eigenvalue weighted by atomic mass is 10.0. The Morgan fingerprint density at radius 2 is 2.33 bits per heavy atom. The van der Waals surface area contributed by atoms with Crippen LogP contribution in [0.4, 0.5) is 0 Å². The fourth-order valence-electron chi connectivity index (χ4n) is 2.31. The van der Waals surface area contributed by atoms with E-state index in [0.29, 0.717) is 17.4 Å². The van der Waals surface area contributed by atoms with E-state index in [1.165, 1.54) is 0 Å². The summed E-state index contributed by atoms with van der Waals surface area (Å²) >= 11 is 6.18. The maximum absolute atomic E-state index is 12.0. The molecule has 1 aromatic carbocycles. The molecule has 1 unspecified atom stereocenters. The monoisotopic (exact) mass is 308 g/mol. The van der Waals surface area contributed by atoms with E-state index in [9.17, 15) is 4.79 Å². The van der Waals surface area contributed by atoms with Crippen molar-refractivity contribution in [3.05, 3.63) is 40.9 Å². The predicted octanol–water partition coefficient (Wildman–Crippen LogP) is 2.79. The van der Waals surface area contributed by atoms with Crippen LogP contribution < -0.4 is 10.1 Å². The van der Waals surface area contributed by atoms with Crippen LogP contribution in [0.25, 0.3) is 0 Å². The van der Waals surface area contributed by atoms with Crippen molar-refractivity contribution >= 4 is 17.5 Å². The number of hydrogen-bond acceptors (Lipinski definition) is 3. The summed E-state index contributed by atoms with van der Waals surface area (Å²) in [6.07, 6.45) is 5.16. The largest absolute Gasteiger partial charge is 0.492 e. The molecule has 1 aromatic rings. The molecule has 1 atom stereocenters. The van der Waals surface area contributed by atoms with E-state index in [-0.39, 0.29) is 11.9 Å². The van der Waals surface area contributed by atoms with Crippen molar-refractivity contribution in [3.8, 4) is 5.75 Å². The van der Waals surface area contributed by atoms with Crippen molar-refractivity contribution in [2.24, 2.45) is 0 Å². The summed E-state index contributed by atoms with van der Waals surface area (Å²) in [5.74, 6) is 0.605. The quantitative estimate of drug-likeness (QED) is 0.870. The Morgan fingerprint density at radius 3 is 3.10 bits per heavy atom. The molecule has 5 heteroatoms. The highest BCUT2D eigenvalue weighted by Gasteiger charge is 2.22. The summed E-state index contributed by atoms with van der Waals surface area (Å²) < 4.78 is 5.70. The molecule has 0 fully saturated rings. The summed E-state index contributed by atoms with van der Waals surface area (Å²) in [5.41, 5.74) is 0.953. The van der Waals surface area contributed by atoms with Gasteiger partial charge >= 0.3 is 0 Å². The fourth-order valence-corrected chi connectivity index (χ4v) is 2.55. The number of carbonyl (C=O) groups is 1. The Bertz CT molecular complexity index is 529. The van der Waals surface area contributed by atoms with Crippen LogP contribution >= 0.6 is 11.6 Å². The van der Waals surface area contributed by atoms with Crippen molar-refractivity contribution in [1.82, 2.24) is 10.2 Å². The highest BCUT2D eigenvalue weighted by atomic mass is 35.5. The van der Waals surface area contributed by atoms with Crippen LogP contribution in [0.1, 0.15) is 24.4 Å². The standard InChI is InChI=1S/C16H21ClN2O2/c1-19(2)10-4-9-15(20)18-14-8-5-11-21-16-12(14)6-3-7-13(16)17/h3-4,6-7,9,14H,5,8,10-11H2,1-2H3,(H,18,20)/b9-4+. The lowest BCUT2D eigenvalue weighted by Gasteiger charge is -2.18. The third kappa shape index (κ3) is 4.48. The number of hydrogen-bond donors (Lipinski definition) is 1. The summed E-state index contributed by atoms with van der Waals surface area (Å²) in [6.45, 7) is 1.36. The first-order chi connectivity index (χ1) is 10.1. The average Bonchev–Trinajstić information content (AvgIpc) is 2.62. The zero-order valence-corrected chi connectivity index (χ0v) is 13.2.